The number of aryl methyl sites for hydroxylation is 3. The van der Waals surface area contributed by atoms with Crippen LogP contribution >= 0.6 is 11.5 Å². The van der Waals surface area contributed by atoms with Crippen LogP contribution in [0.3, 0.4) is 0 Å². The molecule has 0 aliphatic carbocycles. The maximum atomic E-state index is 12.7. The Morgan fingerprint density at radius 3 is 2.86 bits per heavy atom. The maximum Gasteiger partial charge on any atom is 0.267 e. The lowest BCUT2D eigenvalue weighted by Crippen LogP contribution is -2.29. The van der Waals surface area contributed by atoms with Gasteiger partial charge in [-0.1, -0.05) is 16.6 Å². The van der Waals surface area contributed by atoms with E-state index >= 15 is 0 Å². The molecule has 8 nitrogen and oxygen atoms in total. The third-order valence-corrected chi connectivity index (χ3v) is 5.91. The van der Waals surface area contributed by atoms with Crippen molar-refractivity contribution in [2.45, 2.75) is 40.0 Å². The number of rotatable bonds is 5. The summed E-state index contributed by atoms with van der Waals surface area (Å²) in [7, 11) is 0. The first-order valence-electron chi connectivity index (χ1n) is 9.41. The Bertz CT molecular complexity index is 961. The molecule has 0 spiro atoms. The van der Waals surface area contributed by atoms with Crippen molar-refractivity contribution in [2.24, 2.45) is 5.92 Å². The van der Waals surface area contributed by atoms with Crippen molar-refractivity contribution in [2.75, 3.05) is 13.1 Å². The van der Waals surface area contributed by atoms with Crippen molar-refractivity contribution in [3.8, 4) is 11.3 Å². The third-order valence-electron chi connectivity index (χ3n) is 5.15. The monoisotopic (exact) mass is 398 g/mol. The van der Waals surface area contributed by atoms with E-state index in [1.807, 2.05) is 31.9 Å². The van der Waals surface area contributed by atoms with Crippen molar-refractivity contribution in [1.82, 2.24) is 29.6 Å². The van der Waals surface area contributed by atoms with E-state index in [1.165, 1.54) is 11.5 Å². The number of likely N-dealkylation sites (tertiary alicyclic amines) is 1. The Morgan fingerprint density at radius 1 is 1.32 bits per heavy atom. The summed E-state index contributed by atoms with van der Waals surface area (Å²) in [5, 5.41) is 8.02. The van der Waals surface area contributed by atoms with Crippen molar-refractivity contribution in [3.05, 3.63) is 40.1 Å². The Morgan fingerprint density at radius 2 is 2.18 bits per heavy atom. The lowest BCUT2D eigenvalue weighted by Gasteiger charge is -2.15. The van der Waals surface area contributed by atoms with Gasteiger partial charge in [0.25, 0.3) is 5.91 Å². The Hall–Kier alpha value is -2.68. The van der Waals surface area contributed by atoms with Gasteiger partial charge in [0.1, 0.15) is 10.6 Å². The van der Waals surface area contributed by atoms with Gasteiger partial charge in [-0.15, -0.1) is 5.10 Å². The van der Waals surface area contributed by atoms with E-state index in [9.17, 15) is 4.79 Å². The van der Waals surface area contributed by atoms with Crippen LogP contribution in [-0.2, 0) is 12.8 Å². The minimum Gasteiger partial charge on any atom is -0.361 e. The molecule has 146 valence electrons. The van der Waals surface area contributed by atoms with Crippen LogP contribution in [0.15, 0.2) is 16.9 Å². The summed E-state index contributed by atoms with van der Waals surface area (Å²) < 4.78 is 9.13. The number of carbonyl (C=O) groups excluding carboxylic acids is 1. The topological polar surface area (TPSA) is 97.9 Å². The van der Waals surface area contributed by atoms with E-state index < -0.39 is 0 Å². The number of hydrogen-bond donors (Lipinski definition) is 0. The molecule has 0 N–H and O–H groups in total. The highest BCUT2D eigenvalue weighted by atomic mass is 32.1. The number of aromatic nitrogens is 5. The second-order valence-electron chi connectivity index (χ2n) is 7.10. The zero-order valence-electron chi connectivity index (χ0n) is 16.2. The van der Waals surface area contributed by atoms with Gasteiger partial charge in [0, 0.05) is 19.3 Å². The van der Waals surface area contributed by atoms with Gasteiger partial charge in [0.05, 0.1) is 34.5 Å². The summed E-state index contributed by atoms with van der Waals surface area (Å²) in [4.78, 5) is 24.4. The molecule has 1 amide bonds. The van der Waals surface area contributed by atoms with Gasteiger partial charge in [0.15, 0.2) is 0 Å². The summed E-state index contributed by atoms with van der Waals surface area (Å²) >= 11 is 1.19. The van der Waals surface area contributed by atoms with Gasteiger partial charge in [0.2, 0.25) is 0 Å². The van der Waals surface area contributed by atoms with Gasteiger partial charge in [-0.05, 0) is 50.6 Å². The Balaban J connectivity index is 1.40. The number of nitrogens with zero attached hydrogens (tertiary/aromatic N) is 6. The molecule has 4 rings (SSSR count). The predicted octanol–water partition coefficient (Wildman–Crippen LogP) is 2.87. The molecule has 4 heterocycles. The van der Waals surface area contributed by atoms with Crippen LogP contribution in [0.4, 0.5) is 0 Å². The van der Waals surface area contributed by atoms with E-state index in [0.29, 0.717) is 10.8 Å². The molecule has 0 saturated carbocycles. The summed E-state index contributed by atoms with van der Waals surface area (Å²) in [6, 6.07) is 0. The second kappa shape index (κ2) is 7.75. The molecular weight excluding hydrogens is 376 g/mol. The number of carbonyl (C=O) groups is 1. The van der Waals surface area contributed by atoms with Gasteiger partial charge in [-0.2, -0.15) is 0 Å². The highest BCUT2D eigenvalue weighted by Gasteiger charge is 2.29. The fourth-order valence-electron chi connectivity index (χ4n) is 3.66. The zero-order chi connectivity index (χ0) is 19.7. The third kappa shape index (κ3) is 3.54. The molecule has 1 atom stereocenters. The lowest BCUT2D eigenvalue weighted by atomic mass is 10.0. The predicted molar refractivity (Wildman–Crippen MR) is 104 cm³/mol. The average Bonchev–Trinajstić information content (AvgIpc) is 3.43. The van der Waals surface area contributed by atoms with Crippen LogP contribution in [0.2, 0.25) is 0 Å². The summed E-state index contributed by atoms with van der Waals surface area (Å²) in [6.45, 7) is 7.25. The second-order valence-corrected chi connectivity index (χ2v) is 7.86. The fourth-order valence-corrected chi connectivity index (χ4v) is 4.38. The van der Waals surface area contributed by atoms with Gasteiger partial charge >= 0.3 is 0 Å². The molecule has 1 aliphatic heterocycles. The summed E-state index contributed by atoms with van der Waals surface area (Å²) in [5.74, 6) is 1.18. The quantitative estimate of drug-likeness (QED) is 0.652. The molecule has 1 aliphatic rings. The van der Waals surface area contributed by atoms with E-state index in [1.54, 1.807) is 6.20 Å². The molecule has 1 fully saturated rings. The van der Waals surface area contributed by atoms with Crippen molar-refractivity contribution < 1.29 is 9.32 Å². The normalized spacial score (nSPS) is 16.7. The standard InChI is InChI=1S/C19H22N6O2S/c1-4-15-18(28-24-22-15)19(26)25-6-5-13(10-25)7-14-8-21-16(9-20-14)17-11(2)23-27-12(17)3/h8-9,13H,4-7,10H2,1-3H3/t13-/m0/s1. The average molecular weight is 398 g/mol. The smallest absolute Gasteiger partial charge is 0.267 e. The molecule has 9 heteroatoms. The molecule has 3 aromatic rings. The Kier molecular flexibility index (Phi) is 5.17. The summed E-state index contributed by atoms with van der Waals surface area (Å²) in [5.41, 5.74) is 4.21. The molecule has 0 aromatic carbocycles. The lowest BCUT2D eigenvalue weighted by molar-refractivity contribution is 0.0790. The largest absolute Gasteiger partial charge is 0.361 e. The van der Waals surface area contributed by atoms with Crippen LogP contribution in [0.25, 0.3) is 11.3 Å². The van der Waals surface area contributed by atoms with Crippen LogP contribution < -0.4 is 0 Å². The molecule has 3 aromatic heterocycles. The summed E-state index contributed by atoms with van der Waals surface area (Å²) in [6.07, 6.45) is 6.08. The van der Waals surface area contributed by atoms with Crippen LogP contribution in [0.5, 0.6) is 0 Å². The van der Waals surface area contributed by atoms with E-state index in [4.69, 9.17) is 4.52 Å². The van der Waals surface area contributed by atoms with Gasteiger partial charge in [-0.25, -0.2) is 0 Å². The highest BCUT2D eigenvalue weighted by molar-refractivity contribution is 7.08. The first-order chi connectivity index (χ1) is 13.6. The van der Waals surface area contributed by atoms with Crippen molar-refractivity contribution >= 4 is 17.4 Å². The van der Waals surface area contributed by atoms with E-state index in [2.05, 4.69) is 24.7 Å². The molecule has 28 heavy (non-hydrogen) atoms. The minimum absolute atomic E-state index is 0.0502. The van der Waals surface area contributed by atoms with E-state index in [0.717, 1.165) is 66.5 Å². The number of amides is 1. The van der Waals surface area contributed by atoms with Crippen molar-refractivity contribution in [3.63, 3.8) is 0 Å². The molecule has 0 unspecified atom stereocenters. The zero-order valence-corrected chi connectivity index (χ0v) is 17.0. The van der Waals surface area contributed by atoms with E-state index in [-0.39, 0.29) is 5.91 Å². The first-order valence-corrected chi connectivity index (χ1v) is 10.2. The van der Waals surface area contributed by atoms with Crippen LogP contribution in [0, 0.1) is 19.8 Å². The van der Waals surface area contributed by atoms with Crippen LogP contribution in [0.1, 0.15) is 45.9 Å². The SMILES string of the molecule is CCc1nnsc1C(=O)N1CC[C@@H](Cc2cnc(-c3c(C)noc3C)cn2)C1. The molecule has 1 saturated heterocycles. The van der Waals surface area contributed by atoms with Crippen LogP contribution in [-0.4, -0.2) is 48.6 Å². The molecule has 0 radical (unpaired) electrons. The number of hydrogen-bond acceptors (Lipinski definition) is 8. The fraction of sp³-hybridized carbons (Fsp3) is 0.474. The van der Waals surface area contributed by atoms with Gasteiger partial charge in [-0.3, -0.25) is 14.8 Å². The van der Waals surface area contributed by atoms with Gasteiger partial charge < -0.3 is 9.42 Å². The Labute approximate surface area is 167 Å². The van der Waals surface area contributed by atoms with Crippen molar-refractivity contribution in [1.29, 1.82) is 0 Å². The molecule has 0 bridgehead atoms. The minimum atomic E-state index is 0.0502. The molecular formula is C19H22N6O2S. The first kappa shape index (κ1) is 18.7. The maximum absolute atomic E-state index is 12.7. The highest BCUT2D eigenvalue weighted by Crippen LogP contribution is 2.26.